The fourth-order valence-electron chi connectivity index (χ4n) is 0.630. The number of hydrogen-bond acceptors (Lipinski definition) is 3. The number of aliphatic hydroxyl groups excluding tert-OH is 1. The summed E-state index contributed by atoms with van der Waals surface area (Å²) in [6.45, 7) is 5.48. The fraction of sp³-hybridized carbons (Fsp3) is 1.00. The van der Waals surface area contributed by atoms with Crippen LogP contribution >= 0.6 is 0 Å². The number of unbranched alkanes of at least 4 members (excludes halogenated alkanes) is 1. The van der Waals surface area contributed by atoms with Gasteiger partial charge in [0, 0.05) is 13.2 Å². The molecule has 1 N–H and O–H groups in total. The molecular formula is C8H18O3. The van der Waals surface area contributed by atoms with E-state index in [1.165, 1.54) is 0 Å². The van der Waals surface area contributed by atoms with Gasteiger partial charge in [0.1, 0.15) is 0 Å². The third kappa shape index (κ3) is 7.78. The first-order chi connectivity index (χ1) is 5.31. The number of aliphatic hydroxyl groups is 1. The molecule has 0 aromatic carbocycles. The van der Waals surface area contributed by atoms with Gasteiger partial charge in [-0.25, -0.2) is 0 Å². The molecule has 0 aromatic heterocycles. The van der Waals surface area contributed by atoms with Gasteiger partial charge >= 0.3 is 0 Å². The third-order valence-corrected chi connectivity index (χ3v) is 1.27. The van der Waals surface area contributed by atoms with Gasteiger partial charge in [-0.3, -0.25) is 0 Å². The molecule has 0 aromatic rings. The van der Waals surface area contributed by atoms with E-state index in [-0.39, 0.29) is 6.61 Å². The molecule has 0 saturated carbocycles. The quantitative estimate of drug-likeness (QED) is 0.451. The van der Waals surface area contributed by atoms with E-state index in [1.54, 1.807) is 0 Å². The van der Waals surface area contributed by atoms with E-state index in [0.717, 1.165) is 12.8 Å². The van der Waals surface area contributed by atoms with Crippen LogP contribution in [0.2, 0.25) is 0 Å². The molecule has 0 spiro atoms. The fourth-order valence-corrected chi connectivity index (χ4v) is 0.630. The second-order valence-corrected chi connectivity index (χ2v) is 2.34. The molecule has 3 nitrogen and oxygen atoms in total. The number of ether oxygens (including phenoxy) is 2. The summed E-state index contributed by atoms with van der Waals surface area (Å²) >= 11 is 0. The molecule has 3 heteroatoms. The molecule has 0 aliphatic rings. The Hall–Kier alpha value is -0.120. The Morgan fingerprint density at radius 1 is 1.36 bits per heavy atom. The maximum absolute atomic E-state index is 9.06. The van der Waals surface area contributed by atoms with Gasteiger partial charge in [-0.2, -0.15) is 0 Å². The molecule has 1 atom stereocenters. The van der Waals surface area contributed by atoms with Crippen LogP contribution in [0.4, 0.5) is 0 Å². The van der Waals surface area contributed by atoms with Crippen molar-refractivity contribution in [3.05, 3.63) is 0 Å². The maximum atomic E-state index is 9.06. The van der Waals surface area contributed by atoms with E-state index in [4.69, 9.17) is 14.6 Å². The van der Waals surface area contributed by atoms with Gasteiger partial charge in [-0.1, -0.05) is 13.3 Å². The Balaban J connectivity index is 3.02. The van der Waals surface area contributed by atoms with Crippen molar-refractivity contribution in [3.8, 4) is 0 Å². The summed E-state index contributed by atoms with van der Waals surface area (Å²) < 4.78 is 9.97. The van der Waals surface area contributed by atoms with Gasteiger partial charge in [0.2, 0.25) is 0 Å². The van der Waals surface area contributed by atoms with Crippen LogP contribution < -0.4 is 0 Å². The number of rotatable bonds is 7. The van der Waals surface area contributed by atoms with Crippen LogP contribution in [-0.4, -0.2) is 31.2 Å². The minimum absolute atomic E-state index is 0.278. The summed E-state index contributed by atoms with van der Waals surface area (Å²) in [6.07, 6.45) is 1.33. The van der Waals surface area contributed by atoms with Gasteiger partial charge in [0.25, 0.3) is 0 Å². The lowest BCUT2D eigenvalue weighted by atomic mass is 10.4. The largest absolute Gasteiger partial charge is 0.376 e. The average Bonchev–Trinajstić information content (AvgIpc) is 2.01. The predicted molar refractivity (Wildman–Crippen MR) is 43.4 cm³/mol. The van der Waals surface area contributed by atoms with E-state index in [2.05, 4.69) is 6.92 Å². The lowest BCUT2D eigenvalue weighted by Crippen LogP contribution is -2.19. The van der Waals surface area contributed by atoms with Crippen LogP contribution in [0.5, 0.6) is 0 Å². The van der Waals surface area contributed by atoms with Crippen molar-refractivity contribution in [1.29, 1.82) is 0 Å². The molecule has 0 rings (SSSR count). The van der Waals surface area contributed by atoms with Crippen LogP contribution in [0.3, 0.4) is 0 Å². The second kappa shape index (κ2) is 7.98. The molecule has 1 unspecified atom stereocenters. The van der Waals surface area contributed by atoms with Crippen molar-refractivity contribution in [2.75, 3.05) is 19.8 Å². The lowest BCUT2D eigenvalue weighted by Gasteiger charge is -2.10. The predicted octanol–water partition coefficient (Wildman–Crippen LogP) is 1.16. The molecular weight excluding hydrogens is 144 g/mol. The van der Waals surface area contributed by atoms with Gasteiger partial charge in [-0.15, -0.1) is 0 Å². The molecule has 0 fully saturated rings. The SMILES string of the molecule is CCCCOC(O)COCC. The van der Waals surface area contributed by atoms with Crippen LogP contribution in [0.15, 0.2) is 0 Å². The zero-order valence-electron chi connectivity index (χ0n) is 7.38. The maximum Gasteiger partial charge on any atom is 0.178 e. The first-order valence-corrected chi connectivity index (χ1v) is 4.18. The van der Waals surface area contributed by atoms with Gasteiger partial charge in [0.15, 0.2) is 6.29 Å². The Kier molecular flexibility index (Phi) is 7.89. The minimum Gasteiger partial charge on any atom is -0.376 e. The molecule has 0 radical (unpaired) electrons. The monoisotopic (exact) mass is 162 g/mol. The Morgan fingerprint density at radius 3 is 2.64 bits per heavy atom. The van der Waals surface area contributed by atoms with Crippen LogP contribution in [0, 0.1) is 0 Å². The summed E-state index contributed by atoms with van der Waals surface area (Å²) in [5.74, 6) is 0. The van der Waals surface area contributed by atoms with E-state index < -0.39 is 6.29 Å². The van der Waals surface area contributed by atoms with Crippen molar-refractivity contribution in [2.24, 2.45) is 0 Å². The molecule has 0 heterocycles. The summed E-state index contributed by atoms with van der Waals surface area (Å²) in [7, 11) is 0. The highest BCUT2D eigenvalue weighted by Gasteiger charge is 2.01. The zero-order valence-corrected chi connectivity index (χ0v) is 7.38. The first-order valence-electron chi connectivity index (χ1n) is 4.18. The first kappa shape index (κ1) is 10.9. The summed E-state index contributed by atoms with van der Waals surface area (Å²) in [4.78, 5) is 0. The van der Waals surface area contributed by atoms with E-state index in [0.29, 0.717) is 13.2 Å². The highest BCUT2D eigenvalue weighted by atomic mass is 16.6. The lowest BCUT2D eigenvalue weighted by molar-refractivity contribution is -0.136. The topological polar surface area (TPSA) is 38.7 Å². The van der Waals surface area contributed by atoms with Gasteiger partial charge in [0.05, 0.1) is 6.61 Å². The second-order valence-electron chi connectivity index (χ2n) is 2.34. The van der Waals surface area contributed by atoms with E-state index in [9.17, 15) is 0 Å². The Labute approximate surface area is 68.3 Å². The number of hydrogen-bond donors (Lipinski definition) is 1. The van der Waals surface area contributed by atoms with Gasteiger partial charge in [-0.05, 0) is 13.3 Å². The van der Waals surface area contributed by atoms with Crippen molar-refractivity contribution < 1.29 is 14.6 Å². The van der Waals surface area contributed by atoms with Gasteiger partial charge < -0.3 is 14.6 Å². The minimum atomic E-state index is -0.749. The smallest absolute Gasteiger partial charge is 0.178 e. The molecule has 0 saturated heterocycles. The highest BCUT2D eigenvalue weighted by Crippen LogP contribution is 1.93. The van der Waals surface area contributed by atoms with Crippen LogP contribution in [0.25, 0.3) is 0 Å². The Morgan fingerprint density at radius 2 is 2.09 bits per heavy atom. The summed E-state index contributed by atoms with van der Waals surface area (Å²) in [5.41, 5.74) is 0. The zero-order chi connectivity index (χ0) is 8.53. The Bertz CT molecular complexity index is 75.7. The van der Waals surface area contributed by atoms with Crippen molar-refractivity contribution in [3.63, 3.8) is 0 Å². The summed E-state index contributed by atoms with van der Waals surface area (Å²) in [6, 6.07) is 0. The third-order valence-electron chi connectivity index (χ3n) is 1.27. The van der Waals surface area contributed by atoms with Crippen molar-refractivity contribution in [1.82, 2.24) is 0 Å². The molecule has 0 aliphatic heterocycles. The normalized spacial score (nSPS) is 13.4. The van der Waals surface area contributed by atoms with E-state index in [1.807, 2.05) is 6.92 Å². The van der Waals surface area contributed by atoms with Crippen molar-refractivity contribution >= 4 is 0 Å². The summed E-state index contributed by atoms with van der Waals surface area (Å²) in [5, 5.41) is 9.06. The molecule has 11 heavy (non-hydrogen) atoms. The average molecular weight is 162 g/mol. The molecule has 68 valence electrons. The molecule has 0 bridgehead atoms. The molecule has 0 amide bonds. The highest BCUT2D eigenvalue weighted by molar-refractivity contribution is 4.38. The van der Waals surface area contributed by atoms with Crippen LogP contribution in [-0.2, 0) is 9.47 Å². The van der Waals surface area contributed by atoms with E-state index >= 15 is 0 Å². The van der Waals surface area contributed by atoms with Crippen molar-refractivity contribution in [2.45, 2.75) is 33.0 Å². The molecule has 0 aliphatic carbocycles. The van der Waals surface area contributed by atoms with Crippen LogP contribution in [0.1, 0.15) is 26.7 Å². The standard InChI is InChI=1S/C8H18O3/c1-3-5-6-11-8(9)7-10-4-2/h8-9H,3-7H2,1-2H3.